The van der Waals surface area contributed by atoms with E-state index in [4.69, 9.17) is 4.74 Å². The van der Waals surface area contributed by atoms with Gasteiger partial charge in [-0.2, -0.15) is 0 Å². The van der Waals surface area contributed by atoms with Gasteiger partial charge in [0.2, 0.25) is 0 Å². The van der Waals surface area contributed by atoms with E-state index in [0.29, 0.717) is 42.9 Å². The van der Waals surface area contributed by atoms with Gasteiger partial charge in [-0.3, -0.25) is 14.0 Å². The quantitative estimate of drug-likeness (QED) is 0.681. The van der Waals surface area contributed by atoms with Crippen LogP contribution in [0.5, 0.6) is 5.75 Å². The van der Waals surface area contributed by atoms with Crippen LogP contribution in [-0.4, -0.2) is 50.6 Å². The van der Waals surface area contributed by atoms with Gasteiger partial charge in [-0.15, -0.1) is 0 Å². The first kappa shape index (κ1) is 20.6. The van der Waals surface area contributed by atoms with Crippen molar-refractivity contribution in [3.05, 3.63) is 76.1 Å². The SMILES string of the molecule is Cc1cc(O[C@@H]2C[C@@H]3CN(C(=O)c4cnc5ccccn5c4=O)C[C@@H]3C[C@H]2O)ccc1F. The van der Waals surface area contributed by atoms with Crippen LogP contribution in [0.4, 0.5) is 4.39 Å². The summed E-state index contributed by atoms with van der Waals surface area (Å²) in [5.41, 5.74) is 0.632. The van der Waals surface area contributed by atoms with E-state index in [1.54, 1.807) is 48.4 Å². The van der Waals surface area contributed by atoms with Crippen molar-refractivity contribution in [2.45, 2.75) is 32.0 Å². The number of benzene rings is 1. The van der Waals surface area contributed by atoms with Crippen molar-refractivity contribution in [2.75, 3.05) is 13.1 Å². The third-order valence-corrected chi connectivity index (χ3v) is 6.63. The van der Waals surface area contributed by atoms with Crippen molar-refractivity contribution in [2.24, 2.45) is 11.8 Å². The number of ether oxygens (including phenoxy) is 1. The van der Waals surface area contributed by atoms with Crippen LogP contribution in [0, 0.1) is 24.6 Å². The molecule has 5 rings (SSSR count). The Labute approximate surface area is 184 Å². The first-order chi connectivity index (χ1) is 15.4. The van der Waals surface area contributed by atoms with Gasteiger partial charge in [0.25, 0.3) is 11.5 Å². The second kappa shape index (κ2) is 8.02. The maximum absolute atomic E-state index is 13.5. The molecule has 3 heterocycles. The predicted molar refractivity (Wildman–Crippen MR) is 115 cm³/mol. The topological polar surface area (TPSA) is 84.1 Å². The third kappa shape index (κ3) is 3.64. The lowest BCUT2D eigenvalue weighted by Crippen LogP contribution is -2.42. The van der Waals surface area contributed by atoms with E-state index >= 15 is 0 Å². The molecule has 2 aromatic heterocycles. The number of fused-ring (bicyclic) bond motifs is 2. The van der Waals surface area contributed by atoms with Crippen LogP contribution >= 0.6 is 0 Å². The summed E-state index contributed by atoms with van der Waals surface area (Å²) in [7, 11) is 0. The summed E-state index contributed by atoms with van der Waals surface area (Å²) in [6, 6.07) is 9.76. The largest absolute Gasteiger partial charge is 0.488 e. The summed E-state index contributed by atoms with van der Waals surface area (Å²) < 4.78 is 20.9. The van der Waals surface area contributed by atoms with Gasteiger partial charge in [0.15, 0.2) is 0 Å². The molecule has 32 heavy (non-hydrogen) atoms. The minimum absolute atomic E-state index is 0.0440. The fraction of sp³-hybridized carbons (Fsp3) is 0.375. The predicted octanol–water partition coefficient (Wildman–Crippen LogP) is 2.43. The summed E-state index contributed by atoms with van der Waals surface area (Å²) in [5.74, 6) is 0.180. The lowest BCUT2D eigenvalue weighted by atomic mass is 9.78. The second-order valence-electron chi connectivity index (χ2n) is 8.74. The third-order valence-electron chi connectivity index (χ3n) is 6.63. The van der Waals surface area contributed by atoms with Crippen LogP contribution < -0.4 is 10.3 Å². The van der Waals surface area contributed by atoms with E-state index in [0.717, 1.165) is 0 Å². The molecule has 1 saturated carbocycles. The van der Waals surface area contributed by atoms with Gasteiger partial charge in [-0.25, -0.2) is 9.37 Å². The van der Waals surface area contributed by atoms with E-state index in [9.17, 15) is 19.1 Å². The molecule has 1 aliphatic carbocycles. The highest BCUT2D eigenvalue weighted by molar-refractivity contribution is 5.94. The normalized spacial score (nSPS) is 25.0. The highest BCUT2D eigenvalue weighted by Gasteiger charge is 2.44. The number of rotatable bonds is 3. The monoisotopic (exact) mass is 437 g/mol. The van der Waals surface area contributed by atoms with Crippen molar-refractivity contribution in [3.8, 4) is 5.75 Å². The fourth-order valence-electron chi connectivity index (χ4n) is 4.89. The molecule has 1 aliphatic heterocycles. The summed E-state index contributed by atoms with van der Waals surface area (Å²) in [5, 5.41) is 10.6. The molecule has 0 bridgehead atoms. The molecule has 4 atom stereocenters. The van der Waals surface area contributed by atoms with Crippen molar-refractivity contribution >= 4 is 11.6 Å². The highest BCUT2D eigenvalue weighted by Crippen LogP contribution is 2.38. The molecule has 7 nitrogen and oxygen atoms in total. The molecule has 8 heteroatoms. The highest BCUT2D eigenvalue weighted by atomic mass is 19.1. The number of aliphatic hydroxyl groups is 1. The summed E-state index contributed by atoms with van der Waals surface area (Å²) in [4.78, 5) is 31.8. The van der Waals surface area contributed by atoms with Gasteiger partial charge in [-0.1, -0.05) is 6.07 Å². The summed E-state index contributed by atoms with van der Waals surface area (Å²) in [6.45, 7) is 2.65. The van der Waals surface area contributed by atoms with Crippen LogP contribution in [0.25, 0.3) is 5.65 Å². The Balaban J connectivity index is 1.31. The maximum atomic E-state index is 13.5. The number of aliphatic hydroxyl groups excluding tert-OH is 1. The number of aromatic nitrogens is 2. The number of carbonyl (C=O) groups excluding carboxylic acids is 1. The van der Waals surface area contributed by atoms with Crippen LogP contribution in [0.15, 0.2) is 53.6 Å². The number of hydrogen-bond acceptors (Lipinski definition) is 5. The fourth-order valence-corrected chi connectivity index (χ4v) is 4.89. The number of pyridine rings is 1. The molecule has 2 aliphatic rings. The number of hydrogen-bond donors (Lipinski definition) is 1. The Morgan fingerprint density at radius 3 is 2.75 bits per heavy atom. The standard InChI is InChI=1S/C24H24FN3O4/c1-14-8-17(5-6-19(14)25)32-21-10-16-13-27(12-15(16)9-20(21)29)23(30)18-11-26-22-4-2-3-7-28(22)24(18)31/h2-8,11,15-16,20-21,29H,9-10,12-13H2,1H3/t15-,16+,20+,21+/m0/s1. The van der Waals surface area contributed by atoms with Gasteiger partial charge >= 0.3 is 0 Å². The van der Waals surface area contributed by atoms with Crippen LogP contribution in [0.1, 0.15) is 28.8 Å². The zero-order valence-corrected chi connectivity index (χ0v) is 17.6. The number of amides is 1. The molecule has 1 amide bonds. The average molecular weight is 437 g/mol. The number of nitrogens with zero attached hydrogens (tertiary/aromatic N) is 3. The Bertz CT molecular complexity index is 1240. The van der Waals surface area contributed by atoms with Crippen LogP contribution in [0.3, 0.4) is 0 Å². The van der Waals surface area contributed by atoms with Gasteiger partial charge in [0.1, 0.15) is 28.9 Å². The first-order valence-electron chi connectivity index (χ1n) is 10.8. The Morgan fingerprint density at radius 1 is 1.19 bits per heavy atom. The molecular weight excluding hydrogens is 413 g/mol. The number of carbonyl (C=O) groups is 1. The molecule has 1 aromatic carbocycles. The van der Waals surface area contributed by atoms with Gasteiger partial charge < -0.3 is 14.7 Å². The molecule has 0 unspecified atom stereocenters. The van der Waals surface area contributed by atoms with Crippen molar-refractivity contribution < 1.29 is 19.0 Å². The lowest BCUT2D eigenvalue weighted by molar-refractivity contribution is -0.0232. The van der Waals surface area contributed by atoms with E-state index < -0.39 is 12.2 Å². The maximum Gasteiger partial charge on any atom is 0.270 e. The minimum Gasteiger partial charge on any atom is -0.488 e. The molecule has 1 saturated heterocycles. The van der Waals surface area contributed by atoms with E-state index in [2.05, 4.69) is 4.98 Å². The molecular formula is C24H24FN3O4. The Kier molecular flexibility index (Phi) is 5.17. The number of halogens is 1. The second-order valence-corrected chi connectivity index (χ2v) is 8.74. The van der Waals surface area contributed by atoms with Crippen molar-refractivity contribution in [1.82, 2.24) is 14.3 Å². The smallest absolute Gasteiger partial charge is 0.270 e. The number of likely N-dealkylation sites (tertiary alicyclic amines) is 1. The van der Waals surface area contributed by atoms with Gasteiger partial charge in [0.05, 0.1) is 6.10 Å². The molecule has 3 aromatic rings. The molecule has 2 fully saturated rings. The molecule has 1 N–H and O–H groups in total. The number of aryl methyl sites for hydroxylation is 1. The minimum atomic E-state index is -0.676. The molecule has 0 spiro atoms. The van der Waals surface area contributed by atoms with E-state index in [1.807, 2.05) is 0 Å². The van der Waals surface area contributed by atoms with E-state index in [-0.39, 0.29) is 34.7 Å². The molecule has 166 valence electrons. The van der Waals surface area contributed by atoms with E-state index in [1.165, 1.54) is 16.7 Å². The zero-order chi connectivity index (χ0) is 22.4. The summed E-state index contributed by atoms with van der Waals surface area (Å²) in [6.07, 6.45) is 2.93. The van der Waals surface area contributed by atoms with Gasteiger partial charge in [0, 0.05) is 25.5 Å². The zero-order valence-electron chi connectivity index (χ0n) is 17.6. The average Bonchev–Trinajstić information content (AvgIpc) is 3.19. The van der Waals surface area contributed by atoms with Crippen LogP contribution in [-0.2, 0) is 0 Å². The van der Waals surface area contributed by atoms with Gasteiger partial charge in [-0.05, 0) is 67.5 Å². The summed E-state index contributed by atoms with van der Waals surface area (Å²) >= 11 is 0. The first-order valence-corrected chi connectivity index (χ1v) is 10.8. The lowest BCUT2D eigenvalue weighted by Gasteiger charge is -2.35. The Hall–Kier alpha value is -3.26. The molecule has 0 radical (unpaired) electrons. The Morgan fingerprint density at radius 2 is 1.97 bits per heavy atom. The van der Waals surface area contributed by atoms with Crippen molar-refractivity contribution in [1.29, 1.82) is 0 Å². The van der Waals surface area contributed by atoms with Crippen LogP contribution in [0.2, 0.25) is 0 Å². The van der Waals surface area contributed by atoms with Crippen molar-refractivity contribution in [3.63, 3.8) is 0 Å².